The van der Waals surface area contributed by atoms with Crippen LogP contribution in [0.1, 0.15) is 28.4 Å². The summed E-state index contributed by atoms with van der Waals surface area (Å²) in [6.45, 7) is 2.15. The van der Waals surface area contributed by atoms with E-state index in [1.165, 1.54) is 12.1 Å². The van der Waals surface area contributed by atoms with E-state index >= 15 is 0 Å². The van der Waals surface area contributed by atoms with Gasteiger partial charge >= 0.3 is 0 Å². The van der Waals surface area contributed by atoms with E-state index in [0.29, 0.717) is 37.4 Å². The molecular formula is C18H19FN6O. The van der Waals surface area contributed by atoms with Gasteiger partial charge in [0.25, 0.3) is 5.91 Å². The van der Waals surface area contributed by atoms with Crippen LogP contribution in [-0.2, 0) is 6.54 Å². The smallest absolute Gasteiger partial charge is 0.253 e. The Hall–Kier alpha value is -2.87. The Labute approximate surface area is 149 Å². The topological polar surface area (TPSA) is 89.9 Å². The number of fused-ring (bicyclic) bond motifs is 1. The predicted octanol–water partition coefficient (Wildman–Crippen LogP) is 1.55. The second-order valence-electron chi connectivity index (χ2n) is 6.37. The number of halogens is 1. The first-order chi connectivity index (χ1) is 12.7. The van der Waals surface area contributed by atoms with Gasteiger partial charge in [0.2, 0.25) is 0 Å². The van der Waals surface area contributed by atoms with Gasteiger partial charge in [-0.1, -0.05) is 6.07 Å². The molecule has 2 aromatic heterocycles. The number of hydrogen-bond acceptors (Lipinski definition) is 5. The van der Waals surface area contributed by atoms with Crippen molar-refractivity contribution < 1.29 is 9.18 Å². The molecule has 1 aliphatic rings. The highest BCUT2D eigenvalue weighted by Gasteiger charge is 2.31. The van der Waals surface area contributed by atoms with Crippen molar-refractivity contribution in [1.29, 1.82) is 0 Å². The highest BCUT2D eigenvalue weighted by molar-refractivity contribution is 5.94. The summed E-state index contributed by atoms with van der Waals surface area (Å²) in [5.41, 5.74) is 8.34. The quantitative estimate of drug-likeness (QED) is 0.768. The molecule has 1 aromatic carbocycles. The van der Waals surface area contributed by atoms with Gasteiger partial charge < -0.3 is 10.6 Å². The number of nitrogens with two attached hydrogens (primary N) is 1. The van der Waals surface area contributed by atoms with Crippen LogP contribution in [0, 0.1) is 5.82 Å². The summed E-state index contributed by atoms with van der Waals surface area (Å²) in [5.74, 6) is -0.497. The van der Waals surface area contributed by atoms with Gasteiger partial charge in [0.1, 0.15) is 11.3 Å². The van der Waals surface area contributed by atoms with Crippen molar-refractivity contribution in [3.63, 3.8) is 0 Å². The highest BCUT2D eigenvalue weighted by atomic mass is 19.1. The Bertz CT molecular complexity index is 956. The van der Waals surface area contributed by atoms with Crippen molar-refractivity contribution in [2.75, 3.05) is 19.6 Å². The molecule has 1 aliphatic heterocycles. The van der Waals surface area contributed by atoms with Crippen LogP contribution in [0.5, 0.6) is 0 Å². The molecule has 0 aliphatic carbocycles. The number of amides is 1. The first kappa shape index (κ1) is 16.6. The van der Waals surface area contributed by atoms with E-state index in [4.69, 9.17) is 5.73 Å². The van der Waals surface area contributed by atoms with Gasteiger partial charge in [0.15, 0.2) is 5.65 Å². The lowest BCUT2D eigenvalue weighted by Gasteiger charge is -2.16. The number of aromatic nitrogens is 4. The first-order valence-corrected chi connectivity index (χ1v) is 8.59. The third kappa shape index (κ3) is 2.92. The molecule has 7 nitrogen and oxygen atoms in total. The fraction of sp³-hybridized carbons (Fsp3) is 0.333. The molecule has 0 saturated carbocycles. The zero-order valence-electron chi connectivity index (χ0n) is 14.2. The number of carbonyl (C=O) groups excluding carboxylic acids is 1. The van der Waals surface area contributed by atoms with E-state index in [9.17, 15) is 9.18 Å². The Morgan fingerprint density at radius 2 is 2.15 bits per heavy atom. The Balaban J connectivity index is 1.59. The second-order valence-corrected chi connectivity index (χ2v) is 6.37. The molecule has 2 N–H and O–H groups in total. The van der Waals surface area contributed by atoms with E-state index in [2.05, 4.69) is 15.1 Å². The molecule has 3 aromatic rings. The zero-order chi connectivity index (χ0) is 18.1. The number of benzene rings is 1. The molecule has 1 fully saturated rings. The van der Waals surface area contributed by atoms with E-state index < -0.39 is 5.82 Å². The standard InChI is InChI=1S/C18H19FN6O/c19-14-3-1-2-12(10-14)18(26)24-8-4-13(11-24)15-16-17(22-7-6-21-16)25(23-15)9-5-20/h1-3,6-7,10,13H,4-5,8-9,11,20H2/t13-/m1/s1. The van der Waals surface area contributed by atoms with Crippen molar-refractivity contribution in [2.45, 2.75) is 18.9 Å². The van der Waals surface area contributed by atoms with Crippen LogP contribution >= 0.6 is 0 Å². The molecule has 0 bridgehead atoms. The maximum Gasteiger partial charge on any atom is 0.253 e. The maximum absolute atomic E-state index is 13.4. The largest absolute Gasteiger partial charge is 0.338 e. The average molecular weight is 354 g/mol. The molecule has 26 heavy (non-hydrogen) atoms. The first-order valence-electron chi connectivity index (χ1n) is 8.59. The minimum atomic E-state index is -0.409. The minimum Gasteiger partial charge on any atom is -0.338 e. The molecule has 4 rings (SSSR count). The van der Waals surface area contributed by atoms with Crippen LogP contribution in [-0.4, -0.2) is 50.2 Å². The van der Waals surface area contributed by atoms with Gasteiger partial charge in [-0.15, -0.1) is 0 Å². The van der Waals surface area contributed by atoms with E-state index in [-0.39, 0.29) is 11.8 Å². The van der Waals surface area contributed by atoms with Crippen molar-refractivity contribution in [3.8, 4) is 0 Å². The van der Waals surface area contributed by atoms with E-state index in [1.807, 2.05) is 0 Å². The Kier molecular flexibility index (Phi) is 4.34. The van der Waals surface area contributed by atoms with Crippen LogP contribution in [0.15, 0.2) is 36.7 Å². The lowest BCUT2D eigenvalue weighted by atomic mass is 10.0. The van der Waals surface area contributed by atoms with Gasteiger partial charge in [-0.3, -0.25) is 4.79 Å². The normalized spacial score (nSPS) is 17.2. The zero-order valence-corrected chi connectivity index (χ0v) is 14.2. The molecule has 1 atom stereocenters. The number of carbonyl (C=O) groups is 1. The summed E-state index contributed by atoms with van der Waals surface area (Å²) in [6, 6.07) is 5.79. The lowest BCUT2D eigenvalue weighted by molar-refractivity contribution is 0.0790. The van der Waals surface area contributed by atoms with Crippen LogP contribution < -0.4 is 5.73 Å². The van der Waals surface area contributed by atoms with Crippen molar-refractivity contribution in [2.24, 2.45) is 5.73 Å². The number of nitrogens with zero attached hydrogens (tertiary/aromatic N) is 5. The highest BCUT2D eigenvalue weighted by Crippen LogP contribution is 2.31. The van der Waals surface area contributed by atoms with Gasteiger partial charge in [-0.25, -0.2) is 19.0 Å². The third-order valence-corrected chi connectivity index (χ3v) is 4.67. The molecule has 0 spiro atoms. The van der Waals surface area contributed by atoms with Gasteiger partial charge in [0.05, 0.1) is 12.2 Å². The van der Waals surface area contributed by atoms with Crippen LogP contribution in [0.3, 0.4) is 0 Å². The average Bonchev–Trinajstić information content (AvgIpc) is 3.27. The number of rotatable bonds is 4. The van der Waals surface area contributed by atoms with Crippen molar-refractivity contribution in [3.05, 3.63) is 53.7 Å². The molecule has 1 amide bonds. The summed E-state index contributed by atoms with van der Waals surface area (Å²) in [7, 11) is 0. The van der Waals surface area contributed by atoms with Crippen LogP contribution in [0.25, 0.3) is 11.2 Å². The molecule has 0 unspecified atom stereocenters. The maximum atomic E-state index is 13.4. The van der Waals surface area contributed by atoms with Gasteiger partial charge in [0, 0.05) is 43.5 Å². The molecule has 8 heteroatoms. The summed E-state index contributed by atoms with van der Waals surface area (Å²) in [4.78, 5) is 23.2. The molecule has 0 radical (unpaired) electrons. The number of hydrogen-bond donors (Lipinski definition) is 1. The summed E-state index contributed by atoms with van der Waals surface area (Å²) in [6.07, 6.45) is 4.06. The lowest BCUT2D eigenvalue weighted by Crippen LogP contribution is -2.28. The van der Waals surface area contributed by atoms with Crippen LogP contribution in [0.2, 0.25) is 0 Å². The SMILES string of the molecule is NCCn1nc([C@@H]2CCN(C(=O)c3cccc(F)c3)C2)c2nccnc21. The number of likely N-dealkylation sites (tertiary alicyclic amines) is 1. The van der Waals surface area contributed by atoms with Crippen LogP contribution in [0.4, 0.5) is 4.39 Å². The molecular weight excluding hydrogens is 335 g/mol. The fourth-order valence-electron chi connectivity index (χ4n) is 3.45. The fourth-order valence-corrected chi connectivity index (χ4v) is 3.45. The second kappa shape index (κ2) is 6.80. The minimum absolute atomic E-state index is 0.0748. The monoisotopic (exact) mass is 354 g/mol. The van der Waals surface area contributed by atoms with E-state index in [0.717, 1.165) is 17.6 Å². The summed E-state index contributed by atoms with van der Waals surface area (Å²) in [5, 5.41) is 4.66. The Morgan fingerprint density at radius 1 is 1.31 bits per heavy atom. The van der Waals surface area contributed by atoms with Gasteiger partial charge in [-0.05, 0) is 24.6 Å². The molecule has 1 saturated heterocycles. The van der Waals surface area contributed by atoms with Crippen molar-refractivity contribution in [1.82, 2.24) is 24.6 Å². The van der Waals surface area contributed by atoms with Gasteiger partial charge in [-0.2, -0.15) is 5.10 Å². The molecule has 134 valence electrons. The van der Waals surface area contributed by atoms with Crippen molar-refractivity contribution >= 4 is 17.1 Å². The molecule has 3 heterocycles. The Morgan fingerprint density at radius 3 is 2.96 bits per heavy atom. The predicted molar refractivity (Wildman–Crippen MR) is 94.0 cm³/mol. The summed E-state index contributed by atoms with van der Waals surface area (Å²) >= 11 is 0. The third-order valence-electron chi connectivity index (χ3n) is 4.67. The summed E-state index contributed by atoms with van der Waals surface area (Å²) < 4.78 is 15.2. The van der Waals surface area contributed by atoms with E-state index in [1.54, 1.807) is 34.1 Å².